The lowest BCUT2D eigenvalue weighted by Crippen LogP contribution is -2.38. The molecule has 0 aliphatic carbocycles. The molecule has 0 bridgehead atoms. The summed E-state index contributed by atoms with van der Waals surface area (Å²) in [6, 6.07) is 11.0. The van der Waals surface area contributed by atoms with Gasteiger partial charge in [-0.1, -0.05) is 173 Å². The Kier molecular flexibility index (Phi) is 20.2. The first-order valence-corrected chi connectivity index (χ1v) is 17.1. The normalized spacial score (nSPS) is 15.2. The van der Waals surface area contributed by atoms with Gasteiger partial charge in [-0.3, -0.25) is 0 Å². The van der Waals surface area contributed by atoms with E-state index in [1.807, 2.05) is 0 Å². The molecule has 2 rings (SSSR count). The smallest absolute Gasteiger partial charge is 0.101 e. The predicted octanol–water partition coefficient (Wildman–Crippen LogP) is 11.6. The van der Waals surface area contributed by atoms with Gasteiger partial charge in [-0.05, 0) is 24.8 Å². The lowest BCUT2D eigenvalue weighted by atomic mass is 10.0. The van der Waals surface area contributed by atoms with Crippen molar-refractivity contribution in [3.05, 3.63) is 48.3 Å². The van der Waals surface area contributed by atoms with Crippen LogP contribution in [0.25, 0.3) is 0 Å². The summed E-state index contributed by atoms with van der Waals surface area (Å²) >= 11 is 0. The molecule has 0 radical (unpaired) electrons. The van der Waals surface area contributed by atoms with Gasteiger partial charge in [0.15, 0.2) is 0 Å². The molecule has 1 unspecified atom stereocenters. The van der Waals surface area contributed by atoms with Crippen LogP contribution < -0.4 is 0 Å². The zero-order chi connectivity index (χ0) is 26.9. The van der Waals surface area contributed by atoms with Gasteiger partial charge in [-0.25, -0.2) is 0 Å². The van der Waals surface area contributed by atoms with E-state index >= 15 is 0 Å². The molecule has 0 saturated carbocycles. The van der Waals surface area contributed by atoms with Crippen molar-refractivity contribution in [3.63, 3.8) is 0 Å². The molecule has 0 saturated heterocycles. The molecule has 1 aliphatic rings. The van der Waals surface area contributed by atoms with E-state index in [1.165, 1.54) is 160 Å². The van der Waals surface area contributed by atoms with E-state index in [2.05, 4.69) is 66.4 Å². The third-order valence-corrected chi connectivity index (χ3v) is 8.51. The predicted molar refractivity (Wildman–Crippen MR) is 169 cm³/mol. The summed E-state index contributed by atoms with van der Waals surface area (Å²) < 4.78 is 0. The average Bonchev–Trinajstić information content (AvgIpc) is 3.31. The van der Waals surface area contributed by atoms with Gasteiger partial charge < -0.3 is 9.80 Å². The van der Waals surface area contributed by atoms with Gasteiger partial charge in [0.1, 0.15) is 6.17 Å². The largest absolute Gasteiger partial charge is 0.356 e. The van der Waals surface area contributed by atoms with E-state index in [4.69, 9.17) is 0 Å². The molecule has 1 heterocycles. The first-order valence-electron chi connectivity index (χ1n) is 17.1. The number of unbranched alkanes of at least 4 members (excludes halogenated alkanes) is 20. The highest BCUT2D eigenvalue weighted by atomic mass is 15.4. The Morgan fingerprint density at radius 3 is 1.39 bits per heavy atom. The molecule has 2 nitrogen and oxygen atoms in total. The lowest BCUT2D eigenvalue weighted by Gasteiger charge is -2.33. The highest BCUT2D eigenvalue weighted by Crippen LogP contribution is 2.25. The Labute approximate surface area is 238 Å². The van der Waals surface area contributed by atoms with E-state index < -0.39 is 0 Å². The fourth-order valence-corrected chi connectivity index (χ4v) is 6.02. The lowest BCUT2D eigenvalue weighted by molar-refractivity contribution is 0.132. The van der Waals surface area contributed by atoms with Crippen molar-refractivity contribution in [2.45, 2.75) is 174 Å². The number of rotatable bonds is 26. The first-order chi connectivity index (χ1) is 18.8. The van der Waals surface area contributed by atoms with Gasteiger partial charge in [-0.15, -0.1) is 0 Å². The Bertz CT molecular complexity index is 655. The van der Waals surface area contributed by atoms with Crippen molar-refractivity contribution in [3.8, 4) is 0 Å². The zero-order valence-corrected chi connectivity index (χ0v) is 25.7. The molecule has 0 amide bonds. The van der Waals surface area contributed by atoms with Crippen LogP contribution in [0, 0.1) is 0 Å². The van der Waals surface area contributed by atoms with Crippen LogP contribution >= 0.6 is 0 Å². The summed E-state index contributed by atoms with van der Waals surface area (Å²) in [6.45, 7) is 6.87. The third-order valence-electron chi connectivity index (χ3n) is 8.51. The maximum atomic E-state index is 2.66. The maximum absolute atomic E-state index is 2.66. The van der Waals surface area contributed by atoms with Gasteiger partial charge in [0.05, 0.1) is 0 Å². The molecule has 0 fully saturated rings. The summed E-state index contributed by atoms with van der Waals surface area (Å²) in [7, 11) is 0. The first kappa shape index (κ1) is 32.8. The Hall–Kier alpha value is -1.44. The van der Waals surface area contributed by atoms with Crippen LogP contribution in [-0.4, -0.2) is 22.5 Å². The van der Waals surface area contributed by atoms with Crippen molar-refractivity contribution < 1.29 is 0 Å². The quantitative estimate of drug-likeness (QED) is 0.111. The minimum atomic E-state index is 0.553. The van der Waals surface area contributed by atoms with Crippen LogP contribution in [0.4, 0.5) is 0 Å². The van der Waals surface area contributed by atoms with Crippen molar-refractivity contribution in [2.75, 3.05) is 6.54 Å². The van der Waals surface area contributed by atoms with E-state index in [0.29, 0.717) is 6.17 Å². The van der Waals surface area contributed by atoms with Crippen molar-refractivity contribution in [1.82, 2.24) is 9.80 Å². The second-order valence-corrected chi connectivity index (χ2v) is 12.0. The minimum Gasteiger partial charge on any atom is -0.356 e. The van der Waals surface area contributed by atoms with Crippen LogP contribution in [0.2, 0.25) is 0 Å². The fourth-order valence-electron chi connectivity index (χ4n) is 6.02. The summed E-state index contributed by atoms with van der Waals surface area (Å²) in [5, 5.41) is 0. The summed E-state index contributed by atoms with van der Waals surface area (Å²) in [5.41, 5.74) is 1.43. The number of nitrogens with zero attached hydrogens (tertiary/aromatic N) is 2. The molecule has 0 N–H and O–H groups in total. The summed E-state index contributed by atoms with van der Waals surface area (Å²) in [4.78, 5) is 5.26. The van der Waals surface area contributed by atoms with Crippen LogP contribution in [0.15, 0.2) is 42.7 Å². The summed E-state index contributed by atoms with van der Waals surface area (Å²) in [6.07, 6.45) is 37.9. The second-order valence-electron chi connectivity index (χ2n) is 12.0. The minimum absolute atomic E-state index is 0.553. The van der Waals surface area contributed by atoms with Crippen LogP contribution in [0.5, 0.6) is 0 Å². The van der Waals surface area contributed by atoms with E-state index in [0.717, 1.165) is 6.54 Å². The van der Waals surface area contributed by atoms with Gasteiger partial charge in [0.25, 0.3) is 0 Å². The van der Waals surface area contributed by atoms with Gasteiger partial charge in [-0.2, -0.15) is 0 Å². The van der Waals surface area contributed by atoms with E-state index in [1.54, 1.807) is 0 Å². The average molecular weight is 525 g/mol. The Morgan fingerprint density at radius 2 is 0.895 bits per heavy atom. The zero-order valence-electron chi connectivity index (χ0n) is 25.7. The highest BCUT2D eigenvalue weighted by Gasteiger charge is 2.25. The Morgan fingerprint density at radius 1 is 0.474 bits per heavy atom. The standard InChI is InChI=1S/C36H64N2/c1-3-5-7-9-11-13-15-16-18-20-22-27-31-37-32-33-38(34-35-28-24-23-25-29-35)36(37)30-26-21-19-17-14-12-10-8-6-4-2/h23-25,28-29,32-33,36H,3-22,26-27,30-31,34H2,1-2H3. The molecular weight excluding hydrogens is 460 g/mol. The molecule has 0 spiro atoms. The molecule has 218 valence electrons. The maximum Gasteiger partial charge on any atom is 0.101 e. The monoisotopic (exact) mass is 525 g/mol. The van der Waals surface area contributed by atoms with E-state index in [9.17, 15) is 0 Å². The molecule has 1 atom stereocenters. The third kappa shape index (κ3) is 15.8. The number of hydrogen-bond donors (Lipinski definition) is 0. The number of hydrogen-bond acceptors (Lipinski definition) is 2. The Balaban J connectivity index is 1.60. The molecule has 1 aromatic carbocycles. The van der Waals surface area contributed by atoms with Gasteiger partial charge in [0, 0.05) is 25.5 Å². The SMILES string of the molecule is CCCCCCCCCCCCCCN1C=CN(Cc2ccccc2)C1CCCCCCCCCCCC. The van der Waals surface area contributed by atoms with Crippen LogP contribution in [-0.2, 0) is 6.54 Å². The fraction of sp³-hybridized carbons (Fsp3) is 0.778. The van der Waals surface area contributed by atoms with E-state index in [-0.39, 0.29) is 0 Å². The van der Waals surface area contributed by atoms with Crippen molar-refractivity contribution >= 4 is 0 Å². The molecule has 0 aromatic heterocycles. The molecule has 38 heavy (non-hydrogen) atoms. The highest BCUT2D eigenvalue weighted by molar-refractivity contribution is 5.16. The van der Waals surface area contributed by atoms with Crippen LogP contribution in [0.1, 0.15) is 167 Å². The van der Waals surface area contributed by atoms with Crippen LogP contribution in [0.3, 0.4) is 0 Å². The molecule has 1 aliphatic heterocycles. The van der Waals surface area contributed by atoms with Gasteiger partial charge >= 0.3 is 0 Å². The van der Waals surface area contributed by atoms with Crippen molar-refractivity contribution in [2.24, 2.45) is 0 Å². The molecule has 1 aromatic rings. The van der Waals surface area contributed by atoms with Gasteiger partial charge in [0.2, 0.25) is 0 Å². The van der Waals surface area contributed by atoms with Crippen molar-refractivity contribution in [1.29, 1.82) is 0 Å². The molecular formula is C36H64N2. The topological polar surface area (TPSA) is 6.48 Å². The molecule has 2 heteroatoms. The number of benzene rings is 1. The second kappa shape index (κ2) is 23.4. The summed E-state index contributed by atoms with van der Waals surface area (Å²) in [5.74, 6) is 0.